The molecule has 6 heteroatoms. The second kappa shape index (κ2) is 5.81. The van der Waals surface area contributed by atoms with Gasteiger partial charge in [0.25, 0.3) is 5.91 Å². The van der Waals surface area contributed by atoms with Gasteiger partial charge in [-0.15, -0.1) is 0 Å². The fourth-order valence-electron chi connectivity index (χ4n) is 2.62. The number of benzene rings is 1. The number of hydrogen-bond donors (Lipinski definition) is 1. The van der Waals surface area contributed by atoms with Gasteiger partial charge in [-0.3, -0.25) is 4.79 Å². The lowest BCUT2D eigenvalue weighted by Crippen LogP contribution is -2.48. The van der Waals surface area contributed by atoms with E-state index in [0.717, 1.165) is 17.4 Å². The minimum Gasteiger partial charge on any atom is -0.479 e. The topological polar surface area (TPSA) is 80.0 Å². The fraction of sp³-hybridized carbons (Fsp3) is 0.375. The Kier molecular flexibility index (Phi) is 3.85. The third-order valence-corrected chi connectivity index (χ3v) is 3.91. The predicted molar refractivity (Wildman–Crippen MR) is 78.9 cm³/mol. The highest BCUT2D eigenvalue weighted by Gasteiger charge is 2.30. The van der Waals surface area contributed by atoms with Gasteiger partial charge in [-0.1, -0.05) is 13.0 Å². The molecule has 1 N–H and O–H groups in total. The van der Waals surface area contributed by atoms with Crippen LogP contribution in [-0.4, -0.2) is 47.7 Å². The maximum absolute atomic E-state index is 12.7. The highest BCUT2D eigenvalue weighted by Crippen LogP contribution is 2.24. The van der Waals surface area contributed by atoms with E-state index in [9.17, 15) is 9.59 Å². The molecule has 6 nitrogen and oxygen atoms in total. The van der Waals surface area contributed by atoms with Crippen molar-refractivity contribution in [1.29, 1.82) is 0 Å². The summed E-state index contributed by atoms with van der Waals surface area (Å²) >= 11 is 0. The van der Waals surface area contributed by atoms with Crippen LogP contribution in [0.3, 0.4) is 0 Å². The molecule has 1 atom stereocenters. The summed E-state index contributed by atoms with van der Waals surface area (Å²) in [7, 11) is 0. The first kappa shape index (κ1) is 14.6. The molecular formula is C16H17NO5. The number of amides is 1. The van der Waals surface area contributed by atoms with E-state index < -0.39 is 12.1 Å². The number of carbonyl (C=O) groups is 2. The van der Waals surface area contributed by atoms with E-state index >= 15 is 0 Å². The Morgan fingerprint density at radius 1 is 1.41 bits per heavy atom. The van der Waals surface area contributed by atoms with Crippen molar-refractivity contribution in [3.8, 4) is 0 Å². The minimum atomic E-state index is -1.05. The van der Waals surface area contributed by atoms with Crippen molar-refractivity contribution in [1.82, 2.24) is 4.90 Å². The second-order valence-corrected chi connectivity index (χ2v) is 5.28. The van der Waals surface area contributed by atoms with E-state index in [-0.39, 0.29) is 19.1 Å². The van der Waals surface area contributed by atoms with E-state index in [1.54, 1.807) is 0 Å². The molecule has 0 aliphatic carbocycles. The van der Waals surface area contributed by atoms with Crippen molar-refractivity contribution in [3.63, 3.8) is 0 Å². The molecule has 1 saturated heterocycles. The first-order valence-corrected chi connectivity index (χ1v) is 7.24. The van der Waals surface area contributed by atoms with E-state index in [1.807, 2.05) is 25.1 Å². The summed E-state index contributed by atoms with van der Waals surface area (Å²) in [6, 6.07) is 5.76. The van der Waals surface area contributed by atoms with E-state index in [4.69, 9.17) is 14.3 Å². The summed E-state index contributed by atoms with van der Waals surface area (Å²) in [5.74, 6) is -1.27. The lowest BCUT2D eigenvalue weighted by atomic mass is 10.1. The van der Waals surface area contributed by atoms with E-state index in [1.165, 1.54) is 11.2 Å². The van der Waals surface area contributed by atoms with Crippen molar-refractivity contribution in [3.05, 3.63) is 35.6 Å². The monoisotopic (exact) mass is 303 g/mol. The molecule has 2 heterocycles. The lowest BCUT2D eigenvalue weighted by Gasteiger charge is -2.30. The Morgan fingerprint density at radius 2 is 2.23 bits per heavy atom. The zero-order chi connectivity index (χ0) is 15.7. The summed E-state index contributed by atoms with van der Waals surface area (Å²) in [6.45, 7) is 2.69. The van der Waals surface area contributed by atoms with Crippen LogP contribution in [0.5, 0.6) is 0 Å². The van der Waals surface area contributed by atoms with Gasteiger partial charge in [0.1, 0.15) is 11.8 Å². The number of aliphatic carboxylic acids is 1. The van der Waals surface area contributed by atoms with Crippen molar-refractivity contribution in [2.45, 2.75) is 19.4 Å². The standard InChI is InChI=1S/C16H17NO5/c1-2-10-3-4-13-11(7-10)12(9-22-13)15(18)17-5-6-21-14(8-17)16(19)20/h3-4,7,9,14H,2,5-6,8H2,1H3,(H,19,20). The highest BCUT2D eigenvalue weighted by atomic mass is 16.5. The van der Waals surface area contributed by atoms with Crippen LogP contribution < -0.4 is 0 Å². The molecule has 0 saturated carbocycles. The summed E-state index contributed by atoms with van der Waals surface area (Å²) in [5.41, 5.74) is 2.24. The number of ether oxygens (including phenoxy) is 1. The van der Waals surface area contributed by atoms with Crippen molar-refractivity contribution < 1.29 is 23.8 Å². The number of aryl methyl sites for hydroxylation is 1. The number of rotatable bonds is 3. The van der Waals surface area contributed by atoms with Gasteiger partial charge < -0.3 is 19.2 Å². The Labute approximate surface area is 127 Å². The van der Waals surface area contributed by atoms with Gasteiger partial charge in [0.05, 0.1) is 18.7 Å². The molecule has 0 radical (unpaired) electrons. The first-order chi connectivity index (χ1) is 10.6. The van der Waals surface area contributed by atoms with E-state index in [0.29, 0.717) is 17.7 Å². The smallest absolute Gasteiger partial charge is 0.334 e. The number of hydrogen-bond acceptors (Lipinski definition) is 4. The van der Waals surface area contributed by atoms with Crippen LogP contribution in [0, 0.1) is 0 Å². The molecule has 2 aromatic rings. The zero-order valence-corrected chi connectivity index (χ0v) is 12.2. The molecule has 3 rings (SSSR count). The van der Waals surface area contributed by atoms with Gasteiger partial charge in [-0.2, -0.15) is 0 Å². The van der Waals surface area contributed by atoms with Crippen LogP contribution in [0.1, 0.15) is 22.8 Å². The Bertz CT molecular complexity index is 720. The van der Waals surface area contributed by atoms with Gasteiger partial charge in [-0.25, -0.2) is 4.79 Å². The largest absolute Gasteiger partial charge is 0.479 e. The van der Waals surface area contributed by atoms with Gasteiger partial charge in [0, 0.05) is 11.9 Å². The van der Waals surface area contributed by atoms with Gasteiger partial charge >= 0.3 is 5.97 Å². The van der Waals surface area contributed by atoms with Gasteiger partial charge in [-0.05, 0) is 24.1 Å². The molecule has 1 amide bonds. The van der Waals surface area contributed by atoms with Crippen molar-refractivity contribution >= 4 is 22.8 Å². The third-order valence-electron chi connectivity index (χ3n) is 3.91. The number of nitrogens with zero attached hydrogens (tertiary/aromatic N) is 1. The zero-order valence-electron chi connectivity index (χ0n) is 12.2. The average Bonchev–Trinajstić information content (AvgIpc) is 2.97. The Hall–Kier alpha value is -2.34. The highest BCUT2D eigenvalue weighted by molar-refractivity contribution is 6.06. The molecule has 1 aliphatic heterocycles. The van der Waals surface area contributed by atoms with Crippen LogP contribution in [0.15, 0.2) is 28.9 Å². The maximum atomic E-state index is 12.7. The predicted octanol–water partition coefficient (Wildman–Crippen LogP) is 1.92. The molecule has 116 valence electrons. The summed E-state index contributed by atoms with van der Waals surface area (Å²) in [5, 5.41) is 9.79. The molecule has 1 fully saturated rings. The van der Waals surface area contributed by atoms with Crippen LogP contribution in [0.2, 0.25) is 0 Å². The minimum absolute atomic E-state index is 0.0499. The second-order valence-electron chi connectivity index (χ2n) is 5.28. The van der Waals surface area contributed by atoms with Crippen LogP contribution in [-0.2, 0) is 16.0 Å². The third kappa shape index (κ3) is 2.57. The fourth-order valence-corrected chi connectivity index (χ4v) is 2.62. The SMILES string of the molecule is CCc1ccc2occ(C(=O)N3CCOC(C(=O)O)C3)c2c1. The lowest BCUT2D eigenvalue weighted by molar-refractivity contribution is -0.154. The van der Waals surface area contributed by atoms with E-state index in [2.05, 4.69) is 0 Å². The quantitative estimate of drug-likeness (QED) is 0.937. The Balaban J connectivity index is 1.90. The molecule has 1 unspecified atom stereocenters. The van der Waals surface area contributed by atoms with Crippen molar-refractivity contribution in [2.24, 2.45) is 0 Å². The van der Waals surface area contributed by atoms with Crippen LogP contribution in [0.25, 0.3) is 11.0 Å². The summed E-state index contributed by atoms with van der Waals surface area (Å²) < 4.78 is 10.6. The van der Waals surface area contributed by atoms with Gasteiger partial charge in [0.15, 0.2) is 6.10 Å². The molecule has 1 aliphatic rings. The average molecular weight is 303 g/mol. The maximum Gasteiger partial charge on any atom is 0.334 e. The molecule has 0 bridgehead atoms. The molecule has 22 heavy (non-hydrogen) atoms. The van der Waals surface area contributed by atoms with Crippen LogP contribution >= 0.6 is 0 Å². The summed E-state index contributed by atoms with van der Waals surface area (Å²) in [4.78, 5) is 25.2. The van der Waals surface area contributed by atoms with Gasteiger partial charge in [0.2, 0.25) is 0 Å². The molecule has 0 spiro atoms. The van der Waals surface area contributed by atoms with Crippen molar-refractivity contribution in [2.75, 3.05) is 19.7 Å². The number of carboxylic acids is 1. The number of carboxylic acid groups (broad SMARTS) is 1. The van der Waals surface area contributed by atoms with Crippen LogP contribution in [0.4, 0.5) is 0 Å². The number of furan rings is 1. The normalized spacial score (nSPS) is 18.6. The molecular weight excluding hydrogens is 286 g/mol. The number of fused-ring (bicyclic) bond motifs is 1. The first-order valence-electron chi connectivity index (χ1n) is 7.24. The molecule has 1 aromatic carbocycles. The summed E-state index contributed by atoms with van der Waals surface area (Å²) in [6.07, 6.45) is 1.34. The number of morpholine rings is 1. The number of carbonyl (C=O) groups excluding carboxylic acids is 1. The molecule has 1 aromatic heterocycles. The Morgan fingerprint density at radius 3 is 2.95 bits per heavy atom.